The standard InChI is InChI=1S/C16H12N4O/c21-11-12-8-20(16-14(12)4-3-6-17-16)10-13-9-19-7-2-1-5-15(19)18-13/h1-9,11H,10H2. The number of hydrogen-bond acceptors (Lipinski definition) is 3. The van der Waals surface area contributed by atoms with Gasteiger partial charge in [-0.15, -0.1) is 0 Å². The largest absolute Gasteiger partial charge is 0.326 e. The number of rotatable bonds is 3. The number of pyridine rings is 2. The molecule has 0 aromatic carbocycles. The number of aldehydes is 1. The maximum Gasteiger partial charge on any atom is 0.152 e. The number of fused-ring (bicyclic) bond motifs is 2. The van der Waals surface area contributed by atoms with E-state index in [1.165, 1.54) is 0 Å². The van der Waals surface area contributed by atoms with Gasteiger partial charge in [0.2, 0.25) is 0 Å². The highest BCUT2D eigenvalue weighted by molar-refractivity contribution is 5.95. The van der Waals surface area contributed by atoms with E-state index in [1.54, 1.807) is 6.20 Å². The molecule has 0 saturated heterocycles. The Labute approximate surface area is 120 Å². The van der Waals surface area contributed by atoms with Crippen molar-refractivity contribution < 1.29 is 4.79 Å². The maximum absolute atomic E-state index is 11.2. The van der Waals surface area contributed by atoms with E-state index in [0.717, 1.165) is 28.7 Å². The Kier molecular flexibility index (Phi) is 2.57. The first-order valence-electron chi connectivity index (χ1n) is 6.67. The van der Waals surface area contributed by atoms with Gasteiger partial charge in [-0.05, 0) is 24.3 Å². The van der Waals surface area contributed by atoms with Crippen LogP contribution in [0.15, 0.2) is 55.1 Å². The van der Waals surface area contributed by atoms with Gasteiger partial charge in [-0.2, -0.15) is 0 Å². The monoisotopic (exact) mass is 276 g/mol. The summed E-state index contributed by atoms with van der Waals surface area (Å²) in [6.07, 6.45) is 8.38. The van der Waals surface area contributed by atoms with Crippen LogP contribution in [0.4, 0.5) is 0 Å². The van der Waals surface area contributed by atoms with Crippen LogP contribution >= 0.6 is 0 Å². The second-order valence-corrected chi connectivity index (χ2v) is 4.90. The van der Waals surface area contributed by atoms with Crippen molar-refractivity contribution >= 4 is 23.0 Å². The van der Waals surface area contributed by atoms with E-state index in [1.807, 2.05) is 57.9 Å². The Bertz CT molecular complexity index is 918. The molecule has 0 N–H and O–H groups in total. The van der Waals surface area contributed by atoms with E-state index in [2.05, 4.69) is 9.97 Å². The van der Waals surface area contributed by atoms with Gasteiger partial charge in [0.25, 0.3) is 0 Å². The lowest BCUT2D eigenvalue weighted by Crippen LogP contribution is -1.99. The second kappa shape index (κ2) is 4.56. The van der Waals surface area contributed by atoms with Crippen molar-refractivity contribution in [2.45, 2.75) is 6.54 Å². The fraction of sp³-hybridized carbons (Fsp3) is 0.0625. The van der Waals surface area contributed by atoms with Crippen molar-refractivity contribution in [2.75, 3.05) is 0 Å². The van der Waals surface area contributed by atoms with Gasteiger partial charge in [0.1, 0.15) is 11.3 Å². The third-order valence-electron chi connectivity index (χ3n) is 3.54. The quantitative estimate of drug-likeness (QED) is 0.540. The van der Waals surface area contributed by atoms with Crippen LogP contribution in [0.1, 0.15) is 16.1 Å². The molecule has 4 aromatic rings. The SMILES string of the molecule is O=Cc1cn(Cc2cn3ccccc3n2)c2ncccc12. The highest BCUT2D eigenvalue weighted by Gasteiger charge is 2.10. The molecule has 0 aliphatic carbocycles. The summed E-state index contributed by atoms with van der Waals surface area (Å²) in [5, 5.41) is 0.872. The van der Waals surface area contributed by atoms with E-state index in [4.69, 9.17) is 0 Å². The third-order valence-corrected chi connectivity index (χ3v) is 3.54. The van der Waals surface area contributed by atoms with Gasteiger partial charge in [-0.1, -0.05) is 6.07 Å². The molecule has 0 fully saturated rings. The minimum Gasteiger partial charge on any atom is -0.326 e. The number of imidazole rings is 1. The molecule has 0 radical (unpaired) electrons. The van der Waals surface area contributed by atoms with E-state index >= 15 is 0 Å². The van der Waals surface area contributed by atoms with Gasteiger partial charge in [0.05, 0.1) is 12.2 Å². The fourth-order valence-electron chi connectivity index (χ4n) is 2.60. The zero-order valence-corrected chi connectivity index (χ0v) is 11.2. The summed E-state index contributed by atoms with van der Waals surface area (Å²) < 4.78 is 3.94. The first kappa shape index (κ1) is 11.8. The molecule has 0 unspecified atom stereocenters. The van der Waals surface area contributed by atoms with E-state index in [9.17, 15) is 4.79 Å². The lowest BCUT2D eigenvalue weighted by molar-refractivity contribution is 0.112. The van der Waals surface area contributed by atoms with Gasteiger partial charge in [0.15, 0.2) is 6.29 Å². The smallest absolute Gasteiger partial charge is 0.152 e. The number of nitrogens with zero attached hydrogens (tertiary/aromatic N) is 4. The van der Waals surface area contributed by atoms with Crippen molar-refractivity contribution in [3.05, 3.63) is 66.4 Å². The second-order valence-electron chi connectivity index (χ2n) is 4.90. The summed E-state index contributed by atoms with van der Waals surface area (Å²) in [7, 11) is 0. The molecule has 0 amide bonds. The normalized spacial score (nSPS) is 11.2. The molecule has 21 heavy (non-hydrogen) atoms. The molecule has 0 aliphatic rings. The molecule has 4 heterocycles. The van der Waals surface area contributed by atoms with Crippen molar-refractivity contribution in [1.82, 2.24) is 18.9 Å². The molecule has 5 nitrogen and oxygen atoms in total. The maximum atomic E-state index is 11.2. The summed E-state index contributed by atoms with van der Waals surface area (Å²) >= 11 is 0. The number of carbonyl (C=O) groups excluding carboxylic acids is 1. The molecular formula is C16H12N4O. The van der Waals surface area contributed by atoms with Crippen LogP contribution in [0.3, 0.4) is 0 Å². The first-order valence-corrected chi connectivity index (χ1v) is 6.67. The van der Waals surface area contributed by atoms with Gasteiger partial charge in [-0.25, -0.2) is 9.97 Å². The predicted molar refractivity (Wildman–Crippen MR) is 79.4 cm³/mol. The van der Waals surface area contributed by atoms with Crippen LogP contribution in [-0.4, -0.2) is 25.2 Å². The topological polar surface area (TPSA) is 52.2 Å². The van der Waals surface area contributed by atoms with E-state index < -0.39 is 0 Å². The Balaban J connectivity index is 1.81. The van der Waals surface area contributed by atoms with Gasteiger partial charge in [0, 0.05) is 35.7 Å². The lowest BCUT2D eigenvalue weighted by atomic mass is 10.2. The summed E-state index contributed by atoms with van der Waals surface area (Å²) in [5.41, 5.74) is 3.30. The summed E-state index contributed by atoms with van der Waals surface area (Å²) in [6.45, 7) is 0.586. The zero-order valence-electron chi connectivity index (χ0n) is 11.2. The van der Waals surface area contributed by atoms with Gasteiger partial charge in [-0.3, -0.25) is 4.79 Å². The zero-order chi connectivity index (χ0) is 14.2. The molecule has 5 heteroatoms. The van der Waals surface area contributed by atoms with Crippen LogP contribution < -0.4 is 0 Å². The lowest BCUT2D eigenvalue weighted by Gasteiger charge is -2.00. The van der Waals surface area contributed by atoms with Crippen molar-refractivity contribution in [1.29, 1.82) is 0 Å². The Morgan fingerprint density at radius 3 is 2.95 bits per heavy atom. The van der Waals surface area contributed by atoms with Crippen LogP contribution in [0.2, 0.25) is 0 Å². The highest BCUT2D eigenvalue weighted by atomic mass is 16.1. The number of hydrogen-bond donors (Lipinski definition) is 0. The van der Waals surface area contributed by atoms with Crippen LogP contribution in [-0.2, 0) is 6.54 Å². The van der Waals surface area contributed by atoms with Crippen molar-refractivity contribution in [3.63, 3.8) is 0 Å². The van der Waals surface area contributed by atoms with Crippen LogP contribution in [0.5, 0.6) is 0 Å². The molecule has 0 spiro atoms. The molecule has 0 aliphatic heterocycles. The summed E-state index contributed by atoms with van der Waals surface area (Å²) in [6, 6.07) is 9.64. The molecular weight excluding hydrogens is 264 g/mol. The number of carbonyl (C=O) groups is 1. The Morgan fingerprint density at radius 2 is 2.10 bits per heavy atom. The number of aromatic nitrogens is 4. The Morgan fingerprint density at radius 1 is 1.14 bits per heavy atom. The van der Waals surface area contributed by atoms with E-state index in [0.29, 0.717) is 12.1 Å². The molecule has 102 valence electrons. The molecule has 0 bridgehead atoms. The van der Waals surface area contributed by atoms with Crippen LogP contribution in [0.25, 0.3) is 16.7 Å². The fourth-order valence-corrected chi connectivity index (χ4v) is 2.60. The molecule has 0 saturated carbocycles. The van der Waals surface area contributed by atoms with Gasteiger partial charge < -0.3 is 8.97 Å². The van der Waals surface area contributed by atoms with E-state index in [-0.39, 0.29) is 0 Å². The van der Waals surface area contributed by atoms with Crippen molar-refractivity contribution in [2.24, 2.45) is 0 Å². The molecule has 0 atom stereocenters. The average Bonchev–Trinajstić information content (AvgIpc) is 3.08. The summed E-state index contributed by atoms with van der Waals surface area (Å²) in [4.78, 5) is 20.1. The predicted octanol–water partition coefficient (Wildman–Crippen LogP) is 2.54. The highest BCUT2D eigenvalue weighted by Crippen LogP contribution is 2.19. The molecule has 4 rings (SSSR count). The minimum absolute atomic E-state index is 0.586. The summed E-state index contributed by atoms with van der Waals surface area (Å²) in [5.74, 6) is 0. The van der Waals surface area contributed by atoms with Crippen LogP contribution in [0, 0.1) is 0 Å². The third kappa shape index (κ3) is 1.90. The first-order chi connectivity index (χ1) is 10.3. The molecule has 4 aromatic heterocycles. The minimum atomic E-state index is 0.586. The average molecular weight is 276 g/mol. The van der Waals surface area contributed by atoms with Crippen molar-refractivity contribution in [3.8, 4) is 0 Å². The Hall–Kier alpha value is -2.95. The van der Waals surface area contributed by atoms with Gasteiger partial charge >= 0.3 is 0 Å².